The Balaban J connectivity index is 2.89. The molecule has 4 heteroatoms. The van der Waals surface area contributed by atoms with Gasteiger partial charge in [-0.05, 0) is 18.1 Å². The second-order valence-corrected chi connectivity index (χ2v) is 4.01. The lowest BCUT2D eigenvalue weighted by Gasteiger charge is -2.11. The molecule has 0 aromatic carbocycles. The summed E-state index contributed by atoms with van der Waals surface area (Å²) in [6, 6.07) is 1.87. The zero-order chi connectivity index (χ0) is 10.6. The highest BCUT2D eigenvalue weighted by Crippen LogP contribution is 2.22. The lowest BCUT2D eigenvalue weighted by molar-refractivity contribution is 0.874. The van der Waals surface area contributed by atoms with E-state index in [0.29, 0.717) is 0 Å². The highest BCUT2D eigenvalue weighted by Gasteiger charge is 2.09. The predicted octanol–water partition coefficient (Wildman–Crippen LogP) is 1.85. The minimum Gasteiger partial charge on any atom is -0.393 e. The number of pyridine rings is 1. The van der Waals surface area contributed by atoms with E-state index in [1.807, 2.05) is 32.4 Å². The maximum Gasteiger partial charge on any atom is 0.0647 e. The van der Waals surface area contributed by atoms with Crippen molar-refractivity contribution in [3.63, 3.8) is 0 Å². The van der Waals surface area contributed by atoms with Crippen LogP contribution in [-0.2, 0) is 0 Å². The van der Waals surface area contributed by atoms with E-state index in [9.17, 15) is 0 Å². The number of rotatable bonds is 3. The van der Waals surface area contributed by atoms with Crippen LogP contribution in [0.4, 0.5) is 0 Å². The smallest absolute Gasteiger partial charge is 0.0647 e. The molecular formula is C10H14BrN3. The summed E-state index contributed by atoms with van der Waals surface area (Å²) in [6.07, 6.45) is 5.42. The summed E-state index contributed by atoms with van der Waals surface area (Å²) < 4.78 is 0.910. The van der Waals surface area contributed by atoms with E-state index in [2.05, 4.69) is 26.2 Å². The molecule has 1 aromatic rings. The normalized spacial score (nSPS) is 13.9. The van der Waals surface area contributed by atoms with Crippen molar-refractivity contribution in [3.8, 4) is 0 Å². The average molecular weight is 256 g/mol. The van der Waals surface area contributed by atoms with Gasteiger partial charge in [0.2, 0.25) is 0 Å². The van der Waals surface area contributed by atoms with Crippen molar-refractivity contribution < 1.29 is 0 Å². The van der Waals surface area contributed by atoms with Crippen LogP contribution in [-0.4, -0.2) is 12.0 Å². The molecule has 0 aliphatic carbocycles. The summed E-state index contributed by atoms with van der Waals surface area (Å²) in [5, 5.41) is 2.92. The summed E-state index contributed by atoms with van der Waals surface area (Å²) in [6.45, 7) is 2.00. The highest BCUT2D eigenvalue weighted by atomic mass is 79.9. The van der Waals surface area contributed by atoms with E-state index in [1.54, 1.807) is 6.20 Å². The number of halogens is 1. The fraction of sp³-hybridized carbons (Fsp3) is 0.300. The molecule has 0 bridgehead atoms. The van der Waals surface area contributed by atoms with Crippen molar-refractivity contribution in [2.75, 3.05) is 7.05 Å². The van der Waals surface area contributed by atoms with Gasteiger partial charge in [-0.3, -0.25) is 4.98 Å². The Morgan fingerprint density at radius 3 is 2.93 bits per heavy atom. The molecule has 14 heavy (non-hydrogen) atoms. The average Bonchev–Trinajstić information content (AvgIpc) is 2.17. The van der Waals surface area contributed by atoms with Gasteiger partial charge >= 0.3 is 0 Å². The Hall–Kier alpha value is -0.870. The number of nitrogens with one attached hydrogen (secondary N) is 1. The van der Waals surface area contributed by atoms with Gasteiger partial charge in [0.05, 0.1) is 6.04 Å². The summed E-state index contributed by atoms with van der Waals surface area (Å²) >= 11 is 3.41. The van der Waals surface area contributed by atoms with Crippen molar-refractivity contribution in [1.82, 2.24) is 10.3 Å². The first kappa shape index (κ1) is 11.2. The van der Waals surface area contributed by atoms with Crippen LogP contribution in [0.25, 0.3) is 0 Å². The van der Waals surface area contributed by atoms with Gasteiger partial charge in [-0.1, -0.05) is 22.0 Å². The van der Waals surface area contributed by atoms with Crippen molar-refractivity contribution in [1.29, 1.82) is 0 Å². The van der Waals surface area contributed by atoms with E-state index in [-0.39, 0.29) is 6.04 Å². The minimum atomic E-state index is -0.158. The van der Waals surface area contributed by atoms with Gasteiger partial charge in [-0.2, -0.15) is 0 Å². The van der Waals surface area contributed by atoms with Crippen LogP contribution in [0.3, 0.4) is 0 Å². The Morgan fingerprint density at radius 1 is 1.64 bits per heavy atom. The Morgan fingerprint density at radius 2 is 2.36 bits per heavy atom. The van der Waals surface area contributed by atoms with E-state index in [1.165, 1.54) is 0 Å². The van der Waals surface area contributed by atoms with Crippen molar-refractivity contribution in [3.05, 3.63) is 40.3 Å². The first-order valence-corrected chi connectivity index (χ1v) is 5.14. The molecule has 76 valence electrons. The first-order chi connectivity index (χ1) is 6.65. The molecular weight excluding hydrogens is 242 g/mol. The maximum absolute atomic E-state index is 6.00. The van der Waals surface area contributed by atoms with Crippen LogP contribution in [0, 0.1) is 6.92 Å². The number of aromatic nitrogens is 1. The molecule has 1 unspecified atom stereocenters. The Bertz CT molecular complexity index is 336. The number of hydrogen-bond acceptors (Lipinski definition) is 3. The molecule has 0 fully saturated rings. The first-order valence-electron chi connectivity index (χ1n) is 4.35. The molecule has 0 saturated carbocycles. The lowest BCUT2D eigenvalue weighted by atomic mass is 10.1. The number of nitrogens with two attached hydrogens (primary N) is 1. The van der Waals surface area contributed by atoms with Crippen LogP contribution in [0.2, 0.25) is 0 Å². The van der Waals surface area contributed by atoms with Crippen molar-refractivity contribution >= 4 is 15.9 Å². The van der Waals surface area contributed by atoms with Gasteiger partial charge in [0.15, 0.2) is 0 Å². The quantitative estimate of drug-likeness (QED) is 0.867. The van der Waals surface area contributed by atoms with Gasteiger partial charge in [0.25, 0.3) is 0 Å². The number of nitrogens with zero attached hydrogens (tertiary/aromatic N) is 1. The Kier molecular flexibility index (Phi) is 4.10. The van der Waals surface area contributed by atoms with Gasteiger partial charge in [0, 0.05) is 30.1 Å². The molecule has 1 atom stereocenters. The summed E-state index contributed by atoms with van der Waals surface area (Å²) in [5.41, 5.74) is 8.12. The van der Waals surface area contributed by atoms with Gasteiger partial charge < -0.3 is 11.1 Å². The van der Waals surface area contributed by atoms with Crippen LogP contribution in [0.5, 0.6) is 0 Å². The largest absolute Gasteiger partial charge is 0.393 e. The molecule has 3 nitrogen and oxygen atoms in total. The molecule has 0 aliphatic rings. The van der Waals surface area contributed by atoms with Gasteiger partial charge in [0.1, 0.15) is 0 Å². The fourth-order valence-electron chi connectivity index (χ4n) is 1.14. The van der Waals surface area contributed by atoms with E-state index in [0.717, 1.165) is 15.6 Å². The lowest BCUT2D eigenvalue weighted by Crippen LogP contribution is -2.12. The van der Waals surface area contributed by atoms with Crippen molar-refractivity contribution in [2.45, 2.75) is 13.0 Å². The molecule has 1 aromatic heterocycles. The predicted molar refractivity (Wildman–Crippen MR) is 62.0 cm³/mol. The maximum atomic E-state index is 6.00. The second-order valence-electron chi connectivity index (χ2n) is 3.09. The monoisotopic (exact) mass is 255 g/mol. The summed E-state index contributed by atoms with van der Waals surface area (Å²) in [4.78, 5) is 4.10. The zero-order valence-corrected chi connectivity index (χ0v) is 9.88. The highest BCUT2D eigenvalue weighted by molar-refractivity contribution is 9.11. The van der Waals surface area contributed by atoms with E-state index >= 15 is 0 Å². The third kappa shape index (κ3) is 2.82. The second kappa shape index (κ2) is 5.12. The third-order valence-electron chi connectivity index (χ3n) is 1.83. The van der Waals surface area contributed by atoms with Crippen LogP contribution in [0.15, 0.2) is 29.1 Å². The number of hydrogen-bond donors (Lipinski definition) is 2. The zero-order valence-electron chi connectivity index (χ0n) is 8.29. The molecule has 0 saturated heterocycles. The summed E-state index contributed by atoms with van der Waals surface area (Å²) in [5.74, 6) is 0. The number of aryl methyl sites for hydroxylation is 1. The van der Waals surface area contributed by atoms with E-state index < -0.39 is 0 Å². The van der Waals surface area contributed by atoms with Gasteiger partial charge in [-0.25, -0.2) is 0 Å². The standard InChI is InChI=1S/C10H14BrN3/c1-7-3-8(5-14-4-7)10(12)9(11)6-13-2/h3-6,10,13H,12H2,1-2H3/b9-6+. The molecule has 1 rings (SSSR count). The molecule has 0 spiro atoms. The van der Waals surface area contributed by atoms with Crippen LogP contribution < -0.4 is 11.1 Å². The van der Waals surface area contributed by atoms with Crippen LogP contribution in [0.1, 0.15) is 17.2 Å². The molecule has 3 N–H and O–H groups in total. The van der Waals surface area contributed by atoms with Crippen LogP contribution >= 0.6 is 15.9 Å². The molecule has 0 radical (unpaired) electrons. The molecule has 0 aliphatic heterocycles. The fourth-order valence-corrected chi connectivity index (χ4v) is 1.63. The molecule has 1 heterocycles. The topological polar surface area (TPSA) is 50.9 Å². The SMILES string of the molecule is CN/C=C(/Br)C(N)c1cncc(C)c1. The third-order valence-corrected chi connectivity index (χ3v) is 2.56. The molecule has 0 amide bonds. The minimum absolute atomic E-state index is 0.158. The van der Waals surface area contributed by atoms with Gasteiger partial charge in [-0.15, -0.1) is 0 Å². The van der Waals surface area contributed by atoms with E-state index in [4.69, 9.17) is 5.73 Å². The Labute approximate surface area is 92.5 Å². The van der Waals surface area contributed by atoms with Crippen molar-refractivity contribution in [2.24, 2.45) is 5.73 Å². The summed E-state index contributed by atoms with van der Waals surface area (Å²) in [7, 11) is 1.84.